The Hall–Kier alpha value is -7.89. The van der Waals surface area contributed by atoms with Gasteiger partial charge in [-0.25, -0.2) is 0 Å². The molecule has 8 aromatic carbocycles. The number of fused-ring (bicyclic) bond motifs is 1. The molecule has 0 spiro atoms. The minimum atomic E-state index is -6.13. The molecule has 8 aromatic rings. The van der Waals surface area contributed by atoms with E-state index in [2.05, 4.69) is 41.5 Å². The van der Waals surface area contributed by atoms with Crippen molar-refractivity contribution in [2.24, 2.45) is 0 Å². The predicted octanol–water partition coefficient (Wildman–Crippen LogP) is 17.1. The Morgan fingerprint density at radius 1 is 0.310 bits per heavy atom. The zero-order valence-electron chi connectivity index (χ0n) is 41.4. The van der Waals surface area contributed by atoms with Gasteiger partial charge in [0.1, 0.15) is 6.15 Å². The van der Waals surface area contributed by atoms with Gasteiger partial charge in [0.15, 0.2) is 25.8 Å². The topological polar surface area (TPSA) is 17.1 Å². The highest BCUT2D eigenvalue weighted by atomic mass is 32.2. The smallest absolute Gasteiger partial charge is 0.194 e. The van der Waals surface area contributed by atoms with Gasteiger partial charge in [-0.1, -0.05) is 126 Å². The van der Waals surface area contributed by atoms with Crippen molar-refractivity contribution < 1.29 is 110 Å². The lowest BCUT2D eigenvalue weighted by molar-refractivity contribution is -0.144. The fourth-order valence-corrected chi connectivity index (χ4v) is 11.0. The van der Waals surface area contributed by atoms with Crippen LogP contribution in [-0.2, 0) is 69.3 Å². The van der Waals surface area contributed by atoms with Crippen LogP contribution in [0.3, 0.4) is 0 Å². The SMILES string of the molecule is FC(F)(F)c1cc([B-](c2cc(C(F)(F)F)cc(C(F)(F)F)c2)(c2cc(C(F)(F)F)cc(C(F)(F)F)c2)c2cc(C(F)(F)F)cc(C(F)(F)F)c2)cc(C(F)(F)F)c1.O=[S+](C#Cc1ccccc1)(Cc1ccc2ccccc2c1)c1ccccc1. The van der Waals surface area contributed by atoms with Crippen LogP contribution in [0.1, 0.15) is 55.6 Å². The number of hydrogen-bond acceptors (Lipinski definition) is 1. The number of alkyl halides is 24. The molecule has 8 rings (SSSR count). The van der Waals surface area contributed by atoms with Crippen molar-refractivity contribution in [1.82, 2.24) is 0 Å². The van der Waals surface area contributed by atoms with Crippen LogP contribution in [0.2, 0.25) is 0 Å². The summed E-state index contributed by atoms with van der Waals surface area (Å²) in [5.74, 6) is 3.52. The molecule has 0 fully saturated rings. The molecule has 1 atom stereocenters. The standard InChI is InChI=1S/C32H12BF24.C25H19OS/c34-25(35,36)13-1-14(26(37,38)39)6-21(5-13)33(22-7-15(27(40,41)42)2-16(8-22)28(43,44)45,23-9-17(29(46,47)48)3-18(10-23)30(49,50)51)24-11-19(31(52,53)54)4-20(12-24)32(55,56)57;26-27(25-13-5-2-6-14-25,18-17-21-9-3-1-4-10-21)20-22-15-16-23-11-7-8-12-24(23)19-22/h1-12H;1-16,19H,20H2/q-1;+1. The molecule has 0 aromatic heterocycles. The van der Waals surface area contributed by atoms with Crippen molar-refractivity contribution in [2.45, 2.75) is 60.1 Å². The Kier molecular flexibility index (Phi) is 17.1. The Bertz CT molecular complexity index is 3360. The molecule has 1 unspecified atom stereocenters. The van der Waals surface area contributed by atoms with E-state index in [1.165, 1.54) is 5.39 Å². The quantitative estimate of drug-likeness (QED) is 0.0673. The molecule has 0 amide bonds. The van der Waals surface area contributed by atoms with Gasteiger partial charge in [0.2, 0.25) is 0 Å². The van der Waals surface area contributed by atoms with Crippen LogP contribution in [0, 0.1) is 11.2 Å². The second kappa shape index (κ2) is 22.6. The van der Waals surface area contributed by atoms with E-state index in [0.29, 0.717) is 5.75 Å². The van der Waals surface area contributed by atoms with E-state index >= 15 is 0 Å². The molecular weight excluding hydrogens is 1200 g/mol. The maximum Gasteiger partial charge on any atom is 0.416 e. The van der Waals surface area contributed by atoms with E-state index in [9.17, 15) is 110 Å². The molecule has 0 saturated heterocycles. The highest BCUT2D eigenvalue weighted by Gasteiger charge is 2.47. The van der Waals surface area contributed by atoms with Crippen LogP contribution < -0.4 is 21.9 Å². The molecule has 0 saturated carbocycles. The predicted molar refractivity (Wildman–Crippen MR) is 264 cm³/mol. The first-order valence-electron chi connectivity index (χ1n) is 23.5. The van der Waals surface area contributed by atoms with Crippen LogP contribution >= 0.6 is 0 Å². The van der Waals surface area contributed by atoms with Crippen molar-refractivity contribution in [3.63, 3.8) is 0 Å². The van der Waals surface area contributed by atoms with Gasteiger partial charge in [-0.3, -0.25) is 0 Å². The monoisotopic (exact) mass is 1230 g/mol. The molecule has 0 N–H and O–H groups in total. The third kappa shape index (κ3) is 14.5. The van der Waals surface area contributed by atoms with Crippen molar-refractivity contribution in [1.29, 1.82) is 0 Å². The van der Waals surface area contributed by atoms with Gasteiger partial charge in [-0.05, 0) is 71.3 Å². The summed E-state index contributed by atoms with van der Waals surface area (Å²) in [5.41, 5.74) is -28.3. The van der Waals surface area contributed by atoms with E-state index in [-0.39, 0.29) is 0 Å². The minimum Gasteiger partial charge on any atom is -0.194 e. The summed E-state index contributed by atoms with van der Waals surface area (Å²) in [4.78, 5) is 0.779. The van der Waals surface area contributed by atoms with Crippen LogP contribution in [0.5, 0.6) is 0 Å². The highest BCUT2D eigenvalue weighted by Crippen LogP contribution is 2.42. The summed E-state index contributed by atoms with van der Waals surface area (Å²) in [7, 11) is -2.55. The molecule has 0 radical (unpaired) electrons. The van der Waals surface area contributed by atoms with Gasteiger partial charge in [-0.15, -0.1) is 0 Å². The largest absolute Gasteiger partial charge is 0.416 e. The van der Waals surface area contributed by atoms with Gasteiger partial charge < -0.3 is 0 Å². The second-order valence-electron chi connectivity index (χ2n) is 18.6. The van der Waals surface area contributed by atoms with Gasteiger partial charge in [0.25, 0.3) is 0 Å². The van der Waals surface area contributed by atoms with Gasteiger partial charge in [0.05, 0.1) is 44.5 Å². The van der Waals surface area contributed by atoms with E-state index in [0.717, 1.165) is 21.4 Å². The second-order valence-corrected chi connectivity index (χ2v) is 20.9. The van der Waals surface area contributed by atoms with Gasteiger partial charge in [-0.2, -0.15) is 127 Å². The van der Waals surface area contributed by atoms with Crippen LogP contribution in [0.25, 0.3) is 10.8 Å². The molecule has 442 valence electrons. The zero-order valence-corrected chi connectivity index (χ0v) is 42.2. The average Bonchev–Trinajstić information content (AvgIpc) is 1.43. The summed E-state index contributed by atoms with van der Waals surface area (Å²) < 4.78 is 355. The summed E-state index contributed by atoms with van der Waals surface area (Å²) in [6.45, 7) is 0. The number of halogens is 24. The van der Waals surface area contributed by atoms with Crippen molar-refractivity contribution in [2.75, 3.05) is 0 Å². The lowest BCUT2D eigenvalue weighted by Crippen LogP contribution is -2.75. The van der Waals surface area contributed by atoms with E-state index in [1.807, 2.05) is 72.8 Å². The van der Waals surface area contributed by atoms with Crippen LogP contribution in [0.15, 0.2) is 181 Å². The molecular formula is C57H31BF24OS. The average molecular weight is 1230 g/mol. The molecule has 0 aliphatic rings. The van der Waals surface area contributed by atoms with Crippen LogP contribution in [0.4, 0.5) is 105 Å². The highest BCUT2D eigenvalue weighted by molar-refractivity contribution is 8.06. The molecule has 1 nitrogen and oxygen atoms in total. The Balaban J connectivity index is 0.000000309. The molecule has 0 aliphatic heterocycles. The number of benzene rings is 8. The third-order valence-corrected chi connectivity index (χ3v) is 15.1. The fourth-order valence-electron chi connectivity index (χ4n) is 9.12. The van der Waals surface area contributed by atoms with E-state index < -0.39 is 205 Å². The van der Waals surface area contributed by atoms with E-state index in [4.69, 9.17) is 0 Å². The number of hydrogen-bond donors (Lipinski definition) is 0. The maximum absolute atomic E-state index is 14.2. The summed E-state index contributed by atoms with van der Waals surface area (Å²) in [6, 6.07) is 25.0. The van der Waals surface area contributed by atoms with Crippen molar-refractivity contribution in [3.8, 4) is 11.2 Å². The number of rotatable bonds is 7. The van der Waals surface area contributed by atoms with Crippen molar-refractivity contribution >= 4 is 48.7 Å². The summed E-state index contributed by atoms with van der Waals surface area (Å²) in [5, 5.41) is 5.44. The molecule has 0 aliphatic carbocycles. The minimum absolute atomic E-state index is 0.404. The zero-order chi connectivity index (χ0) is 62.4. The van der Waals surface area contributed by atoms with Gasteiger partial charge in [0, 0.05) is 11.1 Å². The summed E-state index contributed by atoms with van der Waals surface area (Å²) in [6.07, 6.45) is -54.8. The lowest BCUT2D eigenvalue weighted by Gasteiger charge is -2.46. The maximum atomic E-state index is 14.2. The molecule has 84 heavy (non-hydrogen) atoms. The molecule has 0 heterocycles. The Labute approximate surface area is 459 Å². The first kappa shape index (κ1) is 63.7. The normalized spacial score (nSPS) is 13.8. The molecule has 27 heteroatoms. The lowest BCUT2D eigenvalue weighted by atomic mass is 9.12. The summed E-state index contributed by atoms with van der Waals surface area (Å²) >= 11 is 0. The Morgan fingerprint density at radius 3 is 0.881 bits per heavy atom. The van der Waals surface area contributed by atoms with Crippen LogP contribution in [-0.4, -0.2) is 6.15 Å². The fraction of sp³-hybridized carbons (Fsp3) is 0.158. The molecule has 0 bridgehead atoms. The third-order valence-electron chi connectivity index (χ3n) is 12.9. The Morgan fingerprint density at radius 2 is 0.583 bits per heavy atom. The van der Waals surface area contributed by atoms with E-state index in [1.54, 1.807) is 0 Å². The van der Waals surface area contributed by atoms with Crippen molar-refractivity contribution in [3.05, 3.63) is 232 Å². The van der Waals surface area contributed by atoms with Gasteiger partial charge >= 0.3 is 49.4 Å². The first-order valence-corrected chi connectivity index (χ1v) is 25.2. The first-order chi connectivity index (χ1) is 38.5.